The standard InChI is InChI=1S/C18H23N5O3/c1-2-26-17(24)16-12-21(20-19-16)10-13-5-7-14(8-6-13)23-11-15-4-3-9-22(15)18(23)25/h5-8,12,15,18,25H,2-4,9-11H2,1H3. The fourth-order valence-corrected chi connectivity index (χ4v) is 3.75. The molecule has 2 aliphatic heterocycles. The molecule has 0 saturated carbocycles. The van der Waals surface area contributed by atoms with E-state index < -0.39 is 12.3 Å². The zero-order valence-corrected chi connectivity index (χ0v) is 14.8. The molecule has 138 valence electrons. The summed E-state index contributed by atoms with van der Waals surface area (Å²) in [5.74, 6) is -0.460. The average Bonchev–Trinajstić information content (AvgIpc) is 3.34. The Bertz CT molecular complexity index is 775. The Kier molecular flexibility index (Phi) is 4.60. The van der Waals surface area contributed by atoms with Gasteiger partial charge in [0.15, 0.2) is 12.0 Å². The van der Waals surface area contributed by atoms with E-state index in [1.807, 2.05) is 29.2 Å². The summed E-state index contributed by atoms with van der Waals surface area (Å²) >= 11 is 0. The second-order valence-corrected chi connectivity index (χ2v) is 6.72. The first-order chi connectivity index (χ1) is 12.7. The van der Waals surface area contributed by atoms with Crippen LogP contribution in [0, 0.1) is 0 Å². The van der Waals surface area contributed by atoms with Crippen LogP contribution in [-0.2, 0) is 11.3 Å². The molecule has 26 heavy (non-hydrogen) atoms. The first-order valence-corrected chi connectivity index (χ1v) is 9.02. The van der Waals surface area contributed by atoms with Gasteiger partial charge < -0.3 is 14.7 Å². The maximum absolute atomic E-state index is 11.6. The fraction of sp³-hybridized carbons (Fsp3) is 0.500. The molecule has 0 radical (unpaired) electrons. The number of carbonyl (C=O) groups excluding carboxylic acids is 1. The minimum absolute atomic E-state index is 0.212. The van der Waals surface area contributed by atoms with Gasteiger partial charge in [-0.15, -0.1) is 5.10 Å². The molecule has 2 fully saturated rings. The maximum atomic E-state index is 11.6. The van der Waals surface area contributed by atoms with Crippen molar-refractivity contribution in [2.45, 2.75) is 38.7 Å². The monoisotopic (exact) mass is 357 g/mol. The Balaban J connectivity index is 1.41. The number of esters is 1. The molecular formula is C18H23N5O3. The van der Waals surface area contributed by atoms with Crippen molar-refractivity contribution in [3.63, 3.8) is 0 Å². The van der Waals surface area contributed by atoms with Crippen molar-refractivity contribution >= 4 is 11.7 Å². The van der Waals surface area contributed by atoms with Crippen LogP contribution in [0.5, 0.6) is 0 Å². The highest BCUT2D eigenvalue weighted by Gasteiger charge is 2.40. The largest absolute Gasteiger partial charge is 0.461 e. The van der Waals surface area contributed by atoms with Crippen molar-refractivity contribution in [1.82, 2.24) is 19.9 Å². The number of fused-ring (bicyclic) bond motifs is 1. The lowest BCUT2D eigenvalue weighted by molar-refractivity contribution is 0.0373. The van der Waals surface area contributed by atoms with Crippen LogP contribution in [0.15, 0.2) is 30.5 Å². The molecule has 2 unspecified atom stereocenters. The minimum Gasteiger partial charge on any atom is -0.461 e. The number of ether oxygens (including phenoxy) is 1. The summed E-state index contributed by atoms with van der Waals surface area (Å²) in [7, 11) is 0. The number of aliphatic hydroxyl groups is 1. The summed E-state index contributed by atoms with van der Waals surface area (Å²) in [6, 6.07) is 8.52. The van der Waals surface area contributed by atoms with E-state index in [9.17, 15) is 9.90 Å². The number of carbonyl (C=O) groups is 1. The highest BCUT2D eigenvalue weighted by atomic mass is 16.5. The van der Waals surface area contributed by atoms with E-state index >= 15 is 0 Å². The molecule has 2 aliphatic rings. The number of anilines is 1. The number of hydrogen-bond acceptors (Lipinski definition) is 7. The van der Waals surface area contributed by atoms with Gasteiger partial charge in [0.05, 0.1) is 19.3 Å². The van der Waals surface area contributed by atoms with Gasteiger partial charge in [0, 0.05) is 24.8 Å². The van der Waals surface area contributed by atoms with Crippen LogP contribution in [-0.4, -0.2) is 63.1 Å². The molecule has 1 aromatic heterocycles. The zero-order chi connectivity index (χ0) is 18.1. The van der Waals surface area contributed by atoms with Gasteiger partial charge in [-0.05, 0) is 37.5 Å². The van der Waals surface area contributed by atoms with Crippen molar-refractivity contribution in [3.8, 4) is 0 Å². The molecule has 1 aromatic carbocycles. The quantitative estimate of drug-likeness (QED) is 0.801. The van der Waals surface area contributed by atoms with E-state index in [4.69, 9.17) is 4.74 Å². The van der Waals surface area contributed by atoms with Gasteiger partial charge >= 0.3 is 5.97 Å². The number of nitrogens with zero attached hydrogens (tertiary/aromatic N) is 5. The molecule has 0 amide bonds. The van der Waals surface area contributed by atoms with Crippen LogP contribution in [0.1, 0.15) is 35.8 Å². The predicted octanol–water partition coefficient (Wildman–Crippen LogP) is 1.06. The first-order valence-electron chi connectivity index (χ1n) is 9.02. The van der Waals surface area contributed by atoms with Crippen molar-refractivity contribution < 1.29 is 14.6 Å². The summed E-state index contributed by atoms with van der Waals surface area (Å²) in [6.45, 7) is 4.42. The first kappa shape index (κ1) is 17.0. The molecular weight excluding hydrogens is 334 g/mol. The molecule has 8 nitrogen and oxygen atoms in total. The number of rotatable bonds is 5. The van der Waals surface area contributed by atoms with Gasteiger partial charge in [-0.1, -0.05) is 17.3 Å². The molecule has 4 rings (SSSR count). The number of aromatic nitrogens is 3. The van der Waals surface area contributed by atoms with Crippen LogP contribution < -0.4 is 4.90 Å². The van der Waals surface area contributed by atoms with Gasteiger partial charge in [0.2, 0.25) is 0 Å². The Morgan fingerprint density at radius 2 is 2.15 bits per heavy atom. The van der Waals surface area contributed by atoms with Crippen molar-refractivity contribution in [3.05, 3.63) is 41.7 Å². The van der Waals surface area contributed by atoms with E-state index in [1.54, 1.807) is 17.8 Å². The van der Waals surface area contributed by atoms with Gasteiger partial charge in [-0.3, -0.25) is 4.90 Å². The lowest BCUT2D eigenvalue weighted by Gasteiger charge is -2.26. The van der Waals surface area contributed by atoms with Crippen molar-refractivity contribution in [2.24, 2.45) is 0 Å². The minimum atomic E-state index is -0.532. The SMILES string of the molecule is CCOC(=O)c1cn(Cc2ccc(N3CC4CCCN4C3O)cc2)nn1. The molecule has 1 N–H and O–H groups in total. The summed E-state index contributed by atoms with van der Waals surface area (Å²) in [4.78, 5) is 15.9. The third kappa shape index (κ3) is 3.17. The Morgan fingerprint density at radius 1 is 1.35 bits per heavy atom. The number of benzene rings is 1. The second kappa shape index (κ2) is 7.05. The Hall–Kier alpha value is -2.45. The highest BCUT2D eigenvalue weighted by molar-refractivity contribution is 5.86. The van der Waals surface area contributed by atoms with Gasteiger partial charge in [0.1, 0.15) is 0 Å². The molecule has 8 heteroatoms. The summed E-state index contributed by atoms with van der Waals surface area (Å²) in [5.41, 5.74) is 2.27. The van der Waals surface area contributed by atoms with Crippen molar-refractivity contribution in [2.75, 3.05) is 24.6 Å². The normalized spacial score (nSPS) is 22.6. The summed E-state index contributed by atoms with van der Waals surface area (Å²) in [5, 5.41) is 18.3. The summed E-state index contributed by atoms with van der Waals surface area (Å²) in [6.07, 6.45) is 3.38. The third-order valence-corrected chi connectivity index (χ3v) is 5.04. The lowest BCUT2D eigenvalue weighted by Crippen LogP contribution is -2.38. The molecule has 0 spiro atoms. The van der Waals surface area contributed by atoms with E-state index in [2.05, 4.69) is 15.2 Å². The average molecular weight is 357 g/mol. The highest BCUT2D eigenvalue weighted by Crippen LogP contribution is 2.32. The van der Waals surface area contributed by atoms with Crippen LogP contribution in [0.2, 0.25) is 0 Å². The predicted molar refractivity (Wildman–Crippen MR) is 94.6 cm³/mol. The molecule has 3 heterocycles. The fourth-order valence-electron chi connectivity index (χ4n) is 3.75. The molecule has 0 bridgehead atoms. The summed E-state index contributed by atoms with van der Waals surface area (Å²) < 4.78 is 6.53. The Morgan fingerprint density at radius 3 is 2.88 bits per heavy atom. The van der Waals surface area contributed by atoms with Crippen molar-refractivity contribution in [1.29, 1.82) is 0 Å². The van der Waals surface area contributed by atoms with Gasteiger partial charge in [-0.2, -0.15) is 0 Å². The smallest absolute Gasteiger partial charge is 0.360 e. The van der Waals surface area contributed by atoms with E-state index in [-0.39, 0.29) is 5.69 Å². The van der Waals surface area contributed by atoms with Crippen LogP contribution in [0.3, 0.4) is 0 Å². The Labute approximate surface area is 152 Å². The second-order valence-electron chi connectivity index (χ2n) is 6.72. The maximum Gasteiger partial charge on any atom is 0.360 e. The number of aliphatic hydroxyl groups excluding tert-OH is 1. The van der Waals surface area contributed by atoms with Gasteiger partial charge in [0.25, 0.3) is 0 Å². The topological polar surface area (TPSA) is 83.7 Å². The van der Waals surface area contributed by atoms with E-state index in [0.29, 0.717) is 19.2 Å². The number of hydrogen-bond donors (Lipinski definition) is 1. The lowest BCUT2D eigenvalue weighted by atomic mass is 10.2. The van der Waals surface area contributed by atoms with Gasteiger partial charge in [-0.25, -0.2) is 9.48 Å². The molecule has 2 atom stereocenters. The van der Waals surface area contributed by atoms with Crippen LogP contribution in [0.25, 0.3) is 0 Å². The van der Waals surface area contributed by atoms with Crippen LogP contribution in [0.4, 0.5) is 5.69 Å². The van der Waals surface area contributed by atoms with Crippen LogP contribution >= 0.6 is 0 Å². The zero-order valence-electron chi connectivity index (χ0n) is 14.8. The molecule has 2 saturated heterocycles. The molecule has 2 aromatic rings. The molecule has 0 aliphatic carbocycles. The van der Waals surface area contributed by atoms with E-state index in [0.717, 1.165) is 30.8 Å². The van der Waals surface area contributed by atoms with E-state index in [1.165, 1.54) is 6.42 Å². The third-order valence-electron chi connectivity index (χ3n) is 5.04.